The van der Waals surface area contributed by atoms with E-state index in [1.807, 2.05) is 31.2 Å². The van der Waals surface area contributed by atoms with Gasteiger partial charge in [0.05, 0.1) is 0 Å². The number of anilines is 1. The predicted octanol–water partition coefficient (Wildman–Crippen LogP) is 2.64. The van der Waals surface area contributed by atoms with Gasteiger partial charge in [-0.2, -0.15) is 0 Å². The van der Waals surface area contributed by atoms with Crippen molar-refractivity contribution in [1.82, 2.24) is 9.97 Å². The number of rotatable bonds is 4. The van der Waals surface area contributed by atoms with Crippen LogP contribution in [0.5, 0.6) is 0 Å². The van der Waals surface area contributed by atoms with E-state index >= 15 is 0 Å². The minimum atomic E-state index is 0.179. The molecule has 3 N–H and O–H groups in total. The van der Waals surface area contributed by atoms with Crippen molar-refractivity contribution < 1.29 is 4.79 Å². The number of nitrogens with zero attached hydrogens (tertiary/aromatic N) is 1. The van der Waals surface area contributed by atoms with Gasteiger partial charge < -0.3 is 10.7 Å². The average Bonchev–Trinajstić information content (AvgIpc) is 2.76. The van der Waals surface area contributed by atoms with Gasteiger partial charge in [-0.15, -0.1) is 0 Å². The number of nitrogens with two attached hydrogens (primary N) is 1. The number of ketones is 1. The topological polar surface area (TPSA) is 71.8 Å². The first kappa shape index (κ1) is 11.4. The maximum atomic E-state index is 11.7. The molecule has 4 heteroatoms. The van der Waals surface area contributed by atoms with E-state index in [1.54, 1.807) is 6.20 Å². The summed E-state index contributed by atoms with van der Waals surface area (Å²) in [7, 11) is 0. The third-order valence-electron chi connectivity index (χ3n) is 2.56. The first-order valence-electron chi connectivity index (χ1n) is 5.65. The maximum absolute atomic E-state index is 11.7. The molecule has 0 bridgehead atoms. The van der Waals surface area contributed by atoms with Gasteiger partial charge in [0.1, 0.15) is 11.6 Å². The summed E-state index contributed by atoms with van der Waals surface area (Å²) in [6.45, 7) is 2.00. The van der Waals surface area contributed by atoms with E-state index in [1.165, 1.54) is 0 Å². The number of aromatic amines is 1. The van der Waals surface area contributed by atoms with Crippen LogP contribution in [-0.2, 0) is 0 Å². The Labute approximate surface area is 99.9 Å². The van der Waals surface area contributed by atoms with Gasteiger partial charge in [-0.3, -0.25) is 4.79 Å². The number of carbonyl (C=O) groups excluding carboxylic acids is 1. The van der Waals surface area contributed by atoms with Crippen LogP contribution >= 0.6 is 0 Å². The summed E-state index contributed by atoms with van der Waals surface area (Å²) in [6, 6.07) is 7.40. The van der Waals surface area contributed by atoms with Gasteiger partial charge in [0.2, 0.25) is 0 Å². The molecule has 0 saturated heterocycles. The lowest BCUT2D eigenvalue weighted by atomic mass is 10.0. The Morgan fingerprint density at radius 1 is 1.35 bits per heavy atom. The van der Waals surface area contributed by atoms with Crippen LogP contribution < -0.4 is 5.73 Å². The predicted molar refractivity (Wildman–Crippen MR) is 67.7 cm³/mol. The van der Waals surface area contributed by atoms with Crippen LogP contribution in [0, 0.1) is 0 Å². The fourth-order valence-corrected chi connectivity index (χ4v) is 1.67. The molecule has 0 atom stereocenters. The number of carbonyl (C=O) groups is 1. The van der Waals surface area contributed by atoms with Crippen molar-refractivity contribution in [2.24, 2.45) is 0 Å². The van der Waals surface area contributed by atoms with Crippen molar-refractivity contribution in [3.8, 4) is 11.4 Å². The number of hydrogen-bond donors (Lipinski definition) is 2. The first-order valence-corrected chi connectivity index (χ1v) is 5.65. The normalized spacial score (nSPS) is 10.4. The van der Waals surface area contributed by atoms with Gasteiger partial charge in [0.25, 0.3) is 0 Å². The van der Waals surface area contributed by atoms with Crippen molar-refractivity contribution in [3.05, 3.63) is 36.0 Å². The Morgan fingerprint density at radius 3 is 2.59 bits per heavy atom. The lowest BCUT2D eigenvalue weighted by Crippen LogP contribution is -1.97. The highest BCUT2D eigenvalue weighted by Crippen LogP contribution is 2.17. The van der Waals surface area contributed by atoms with Gasteiger partial charge in [-0.05, 0) is 6.42 Å². The Hall–Kier alpha value is -2.10. The summed E-state index contributed by atoms with van der Waals surface area (Å²) in [5, 5.41) is 0. The van der Waals surface area contributed by atoms with Crippen LogP contribution in [0.3, 0.4) is 0 Å². The molecule has 0 aliphatic rings. The molecule has 0 aliphatic heterocycles. The Kier molecular flexibility index (Phi) is 3.23. The molecular formula is C13H15N3O. The summed E-state index contributed by atoms with van der Waals surface area (Å²) in [4.78, 5) is 18.8. The van der Waals surface area contributed by atoms with E-state index in [9.17, 15) is 4.79 Å². The number of imidazole rings is 1. The number of aromatic nitrogens is 2. The molecule has 0 radical (unpaired) electrons. The van der Waals surface area contributed by atoms with Gasteiger partial charge in [-0.1, -0.05) is 31.2 Å². The van der Waals surface area contributed by atoms with Gasteiger partial charge in [0.15, 0.2) is 5.78 Å². The molecule has 17 heavy (non-hydrogen) atoms. The van der Waals surface area contributed by atoms with E-state index in [0.717, 1.165) is 23.4 Å². The fraction of sp³-hybridized carbons (Fsp3) is 0.231. The molecule has 4 nitrogen and oxygen atoms in total. The standard InChI is InChI=1S/C13H15N3O/c1-2-3-11(17)9-4-6-10(7-5-9)13-15-8-12(14)16-13/h4-8H,2-3,14H2,1H3,(H,15,16). The highest BCUT2D eigenvalue weighted by molar-refractivity contribution is 5.96. The van der Waals surface area contributed by atoms with Crippen molar-refractivity contribution in [2.75, 3.05) is 5.73 Å². The van der Waals surface area contributed by atoms with E-state index < -0.39 is 0 Å². The van der Waals surface area contributed by atoms with E-state index in [2.05, 4.69) is 9.97 Å². The summed E-state index contributed by atoms with van der Waals surface area (Å²) in [5.74, 6) is 1.36. The van der Waals surface area contributed by atoms with Crippen molar-refractivity contribution in [3.63, 3.8) is 0 Å². The van der Waals surface area contributed by atoms with Crippen LogP contribution in [0.15, 0.2) is 30.5 Å². The van der Waals surface area contributed by atoms with E-state index in [0.29, 0.717) is 12.2 Å². The zero-order valence-corrected chi connectivity index (χ0v) is 9.73. The number of nitrogens with one attached hydrogen (secondary N) is 1. The number of Topliss-reactive ketones (excluding diaryl/α,β-unsaturated/α-hetero) is 1. The molecule has 1 aromatic carbocycles. The molecule has 88 valence electrons. The van der Waals surface area contributed by atoms with Gasteiger partial charge in [-0.25, -0.2) is 4.98 Å². The Balaban J connectivity index is 2.21. The number of nitrogen functional groups attached to an aromatic ring is 1. The molecule has 0 fully saturated rings. The molecule has 0 unspecified atom stereocenters. The lowest BCUT2D eigenvalue weighted by Gasteiger charge is -2.00. The molecular weight excluding hydrogens is 214 g/mol. The highest BCUT2D eigenvalue weighted by atomic mass is 16.1. The number of benzene rings is 1. The molecule has 0 amide bonds. The van der Waals surface area contributed by atoms with Crippen molar-refractivity contribution >= 4 is 11.6 Å². The summed E-state index contributed by atoms with van der Waals surface area (Å²) >= 11 is 0. The van der Waals surface area contributed by atoms with Crippen LogP contribution in [0.25, 0.3) is 11.4 Å². The monoisotopic (exact) mass is 229 g/mol. The molecule has 0 aliphatic carbocycles. The summed E-state index contributed by atoms with van der Waals surface area (Å²) in [5.41, 5.74) is 7.21. The zero-order valence-electron chi connectivity index (χ0n) is 9.73. The molecule has 1 aromatic heterocycles. The average molecular weight is 229 g/mol. The van der Waals surface area contributed by atoms with Crippen molar-refractivity contribution in [2.45, 2.75) is 19.8 Å². The Bertz CT molecular complexity index is 514. The van der Waals surface area contributed by atoms with Gasteiger partial charge >= 0.3 is 0 Å². The van der Waals surface area contributed by atoms with Crippen LogP contribution in [-0.4, -0.2) is 15.8 Å². The number of H-pyrrole nitrogens is 1. The molecule has 2 rings (SSSR count). The largest absolute Gasteiger partial charge is 0.382 e. The van der Waals surface area contributed by atoms with E-state index in [-0.39, 0.29) is 5.78 Å². The lowest BCUT2D eigenvalue weighted by molar-refractivity contribution is 0.0982. The third kappa shape index (κ3) is 2.53. The summed E-state index contributed by atoms with van der Waals surface area (Å²) < 4.78 is 0. The second-order valence-electron chi connectivity index (χ2n) is 3.92. The van der Waals surface area contributed by atoms with E-state index in [4.69, 9.17) is 5.73 Å². The molecule has 1 heterocycles. The fourth-order valence-electron chi connectivity index (χ4n) is 1.67. The quantitative estimate of drug-likeness (QED) is 0.791. The maximum Gasteiger partial charge on any atom is 0.162 e. The zero-order chi connectivity index (χ0) is 12.3. The van der Waals surface area contributed by atoms with Crippen LogP contribution in [0.1, 0.15) is 30.1 Å². The highest BCUT2D eigenvalue weighted by Gasteiger charge is 2.06. The minimum Gasteiger partial charge on any atom is -0.382 e. The SMILES string of the molecule is CCCC(=O)c1ccc(-c2nc(N)c[nH]2)cc1. The van der Waals surface area contributed by atoms with Crippen LogP contribution in [0.4, 0.5) is 5.82 Å². The third-order valence-corrected chi connectivity index (χ3v) is 2.56. The smallest absolute Gasteiger partial charge is 0.162 e. The summed E-state index contributed by atoms with van der Waals surface area (Å²) in [6.07, 6.45) is 3.10. The molecule has 0 spiro atoms. The Morgan fingerprint density at radius 2 is 2.06 bits per heavy atom. The minimum absolute atomic E-state index is 0.179. The van der Waals surface area contributed by atoms with Crippen molar-refractivity contribution in [1.29, 1.82) is 0 Å². The van der Waals surface area contributed by atoms with Gasteiger partial charge in [0, 0.05) is 23.7 Å². The second-order valence-corrected chi connectivity index (χ2v) is 3.92. The second kappa shape index (κ2) is 4.82. The molecule has 0 saturated carbocycles. The first-order chi connectivity index (χ1) is 8.20. The molecule has 2 aromatic rings. The van der Waals surface area contributed by atoms with Crippen LogP contribution in [0.2, 0.25) is 0 Å². The number of hydrogen-bond acceptors (Lipinski definition) is 3.